The molecule has 1 aromatic carbocycles. The SMILES string of the molecule is COC1(C(NC(=O)c2ccc(C#CC#CC3CN(C(C)=O)C3)cc2)C(=O)NO)CS(O)(O)C1. The zero-order chi connectivity index (χ0) is 24.2. The zero-order valence-electron chi connectivity index (χ0n) is 18.1. The van der Waals surface area contributed by atoms with Crippen LogP contribution in [0.2, 0.25) is 0 Å². The van der Waals surface area contributed by atoms with Gasteiger partial charge in [0.2, 0.25) is 5.91 Å². The number of likely N-dealkylation sites (tertiary alicyclic amines) is 1. The number of carbonyl (C=O) groups excluding carboxylic acids is 3. The van der Waals surface area contributed by atoms with Crippen LogP contribution in [0.3, 0.4) is 0 Å². The van der Waals surface area contributed by atoms with Crippen LogP contribution in [0.5, 0.6) is 0 Å². The number of hydroxylamine groups is 1. The second-order valence-corrected chi connectivity index (χ2v) is 10.1. The minimum Gasteiger partial charge on any atom is -0.372 e. The highest BCUT2D eigenvalue weighted by molar-refractivity contribution is 8.25. The third-order valence-electron chi connectivity index (χ3n) is 5.55. The van der Waals surface area contributed by atoms with Crippen molar-refractivity contribution in [1.29, 1.82) is 0 Å². The summed E-state index contributed by atoms with van der Waals surface area (Å²) in [5, 5.41) is 11.6. The van der Waals surface area contributed by atoms with Gasteiger partial charge < -0.3 is 15.0 Å². The third kappa shape index (κ3) is 5.66. The Morgan fingerprint density at radius 1 is 1.18 bits per heavy atom. The standard InChI is InChI=1S/C22H25N3O7S/c1-15(26)25-11-17(12-25)6-4-3-5-16-7-9-18(10-8-16)20(27)23-19(21(28)24-29)22(32-2)13-33(30,31)14-22/h7-10,17,19,29-31H,11-14H2,1-2H3,(H,23,27)(H,24,28). The van der Waals surface area contributed by atoms with Crippen molar-refractivity contribution in [3.05, 3.63) is 35.4 Å². The van der Waals surface area contributed by atoms with E-state index in [1.807, 2.05) is 0 Å². The van der Waals surface area contributed by atoms with Gasteiger partial charge in [-0.1, -0.05) is 11.8 Å². The molecule has 2 fully saturated rings. The second kappa shape index (κ2) is 9.83. The lowest BCUT2D eigenvalue weighted by Crippen LogP contribution is -2.69. The fraction of sp³-hybridized carbons (Fsp3) is 0.409. The van der Waals surface area contributed by atoms with E-state index in [-0.39, 0.29) is 28.9 Å². The minimum absolute atomic E-state index is 0.0349. The van der Waals surface area contributed by atoms with E-state index >= 15 is 0 Å². The summed E-state index contributed by atoms with van der Waals surface area (Å²) in [6.45, 7) is 2.76. The monoisotopic (exact) mass is 475 g/mol. The Balaban J connectivity index is 1.62. The molecule has 2 heterocycles. The Hall–Kier alpha value is -3.06. The lowest BCUT2D eigenvalue weighted by atomic mass is 9.95. The number of nitrogens with one attached hydrogen (secondary N) is 2. The van der Waals surface area contributed by atoms with Gasteiger partial charge in [-0.05, 0) is 36.1 Å². The van der Waals surface area contributed by atoms with Gasteiger partial charge in [0.15, 0.2) is 0 Å². The van der Waals surface area contributed by atoms with Gasteiger partial charge in [0.1, 0.15) is 11.6 Å². The smallest absolute Gasteiger partial charge is 0.269 e. The highest BCUT2D eigenvalue weighted by atomic mass is 32.3. The fourth-order valence-corrected chi connectivity index (χ4v) is 5.68. The number of rotatable bonds is 5. The molecule has 0 spiro atoms. The van der Waals surface area contributed by atoms with E-state index in [0.29, 0.717) is 18.7 Å². The molecule has 3 amide bonds. The van der Waals surface area contributed by atoms with E-state index < -0.39 is 34.0 Å². The summed E-state index contributed by atoms with van der Waals surface area (Å²) in [6, 6.07) is 4.95. The summed E-state index contributed by atoms with van der Waals surface area (Å²) in [4.78, 5) is 37.7. The predicted octanol–water partition coefficient (Wildman–Crippen LogP) is 0.273. The van der Waals surface area contributed by atoms with Crippen molar-refractivity contribution < 1.29 is 33.4 Å². The molecule has 2 aliphatic rings. The maximum absolute atomic E-state index is 12.7. The molecule has 1 unspecified atom stereocenters. The van der Waals surface area contributed by atoms with Gasteiger partial charge in [-0.2, -0.15) is 10.6 Å². The molecule has 2 aliphatic heterocycles. The normalized spacial score (nSPS) is 19.7. The second-order valence-electron chi connectivity index (χ2n) is 7.96. The van der Waals surface area contributed by atoms with Crippen molar-refractivity contribution in [3.63, 3.8) is 0 Å². The number of nitrogens with zero attached hydrogens (tertiary/aromatic N) is 1. The van der Waals surface area contributed by atoms with Crippen molar-refractivity contribution in [2.75, 3.05) is 31.7 Å². The number of hydrogen-bond donors (Lipinski definition) is 5. The van der Waals surface area contributed by atoms with Gasteiger partial charge in [0.05, 0.1) is 17.4 Å². The van der Waals surface area contributed by atoms with Gasteiger partial charge in [-0.25, -0.2) is 5.48 Å². The van der Waals surface area contributed by atoms with Crippen LogP contribution >= 0.6 is 10.6 Å². The van der Waals surface area contributed by atoms with Crippen LogP contribution in [-0.4, -0.2) is 80.3 Å². The summed E-state index contributed by atoms with van der Waals surface area (Å²) in [5.74, 6) is 9.53. The van der Waals surface area contributed by atoms with E-state index in [2.05, 4.69) is 29.0 Å². The summed E-state index contributed by atoms with van der Waals surface area (Å²) < 4.78 is 24.8. The van der Waals surface area contributed by atoms with Crippen molar-refractivity contribution in [3.8, 4) is 23.7 Å². The Labute approximate surface area is 193 Å². The highest BCUT2D eigenvalue weighted by Crippen LogP contribution is 2.56. The molecule has 2 saturated heterocycles. The van der Waals surface area contributed by atoms with E-state index in [1.165, 1.54) is 31.6 Å². The van der Waals surface area contributed by atoms with Crippen LogP contribution in [0, 0.1) is 29.6 Å². The molecule has 1 aromatic rings. The van der Waals surface area contributed by atoms with Gasteiger partial charge in [0, 0.05) is 38.2 Å². The maximum Gasteiger partial charge on any atom is 0.269 e. The van der Waals surface area contributed by atoms with Crippen molar-refractivity contribution in [1.82, 2.24) is 15.7 Å². The van der Waals surface area contributed by atoms with Crippen molar-refractivity contribution >= 4 is 28.3 Å². The molecule has 0 aromatic heterocycles. The van der Waals surface area contributed by atoms with E-state index in [0.717, 1.165) is 0 Å². The summed E-state index contributed by atoms with van der Waals surface area (Å²) >= 11 is 0. The molecule has 10 nitrogen and oxygen atoms in total. The molecule has 33 heavy (non-hydrogen) atoms. The zero-order valence-corrected chi connectivity index (χ0v) is 18.9. The third-order valence-corrected chi connectivity index (χ3v) is 7.45. The van der Waals surface area contributed by atoms with E-state index in [4.69, 9.17) is 9.94 Å². The molecule has 0 radical (unpaired) electrons. The number of amides is 3. The average Bonchev–Trinajstić information content (AvgIpc) is 2.73. The molecule has 11 heteroatoms. The molecule has 3 rings (SSSR count). The summed E-state index contributed by atoms with van der Waals surface area (Å²) in [7, 11) is -1.61. The van der Waals surface area contributed by atoms with Crippen LogP contribution in [-0.2, 0) is 14.3 Å². The van der Waals surface area contributed by atoms with Crippen LogP contribution in [0.25, 0.3) is 0 Å². The molecule has 0 bridgehead atoms. The Morgan fingerprint density at radius 2 is 1.82 bits per heavy atom. The summed E-state index contributed by atoms with van der Waals surface area (Å²) in [6.07, 6.45) is 0. The molecule has 1 atom stereocenters. The van der Waals surface area contributed by atoms with Gasteiger partial charge in [-0.3, -0.25) is 28.7 Å². The van der Waals surface area contributed by atoms with Gasteiger partial charge in [-0.15, -0.1) is 0 Å². The average molecular weight is 476 g/mol. The van der Waals surface area contributed by atoms with Crippen LogP contribution in [0.1, 0.15) is 22.8 Å². The van der Waals surface area contributed by atoms with Crippen molar-refractivity contribution in [2.24, 2.45) is 5.92 Å². The number of methoxy groups -OCH3 is 1. The van der Waals surface area contributed by atoms with Crippen LogP contribution in [0.4, 0.5) is 0 Å². The molecule has 176 valence electrons. The fourth-order valence-electron chi connectivity index (χ4n) is 3.63. The molecule has 0 saturated carbocycles. The van der Waals surface area contributed by atoms with Crippen LogP contribution in [0.15, 0.2) is 24.3 Å². The minimum atomic E-state index is -2.90. The first-order valence-electron chi connectivity index (χ1n) is 10.00. The lowest BCUT2D eigenvalue weighted by Gasteiger charge is -2.56. The lowest BCUT2D eigenvalue weighted by molar-refractivity contribution is -0.139. The topological polar surface area (TPSA) is 148 Å². The Bertz CT molecular complexity index is 1050. The molecule has 5 N–H and O–H groups in total. The molecular weight excluding hydrogens is 450 g/mol. The number of carbonyl (C=O) groups is 3. The Kier molecular flexibility index (Phi) is 7.32. The molecular formula is C22H25N3O7S. The number of hydrogen-bond acceptors (Lipinski definition) is 7. The first kappa shape index (κ1) is 24.6. The van der Waals surface area contributed by atoms with E-state index in [9.17, 15) is 23.5 Å². The predicted molar refractivity (Wildman–Crippen MR) is 120 cm³/mol. The number of benzene rings is 1. The quantitative estimate of drug-likeness (QED) is 0.233. The van der Waals surface area contributed by atoms with Gasteiger partial charge >= 0.3 is 0 Å². The molecule has 0 aliphatic carbocycles. The highest BCUT2D eigenvalue weighted by Gasteiger charge is 2.57. The first-order valence-corrected chi connectivity index (χ1v) is 11.9. The summed E-state index contributed by atoms with van der Waals surface area (Å²) in [5.41, 5.74) is 1.01. The van der Waals surface area contributed by atoms with Gasteiger partial charge in [0.25, 0.3) is 11.8 Å². The largest absolute Gasteiger partial charge is 0.372 e. The van der Waals surface area contributed by atoms with Crippen LogP contribution < -0.4 is 10.8 Å². The first-order chi connectivity index (χ1) is 15.6. The maximum atomic E-state index is 12.7. The van der Waals surface area contributed by atoms with E-state index in [1.54, 1.807) is 17.0 Å². The Morgan fingerprint density at radius 3 is 2.33 bits per heavy atom. The van der Waals surface area contributed by atoms with Crippen molar-refractivity contribution in [2.45, 2.75) is 18.6 Å². The number of ether oxygens (including phenoxy) is 1.